The molecule has 0 unspecified atom stereocenters. The van der Waals surface area contributed by atoms with E-state index in [1.807, 2.05) is 84.3 Å². The van der Waals surface area contributed by atoms with E-state index in [0.29, 0.717) is 22.9 Å². The molecule has 0 fully saturated rings. The molecule has 154 valence electrons. The van der Waals surface area contributed by atoms with Gasteiger partial charge in [-0.3, -0.25) is 4.57 Å². The topological polar surface area (TPSA) is 63.7 Å². The van der Waals surface area contributed by atoms with E-state index < -0.39 is 0 Å². The first-order valence-corrected chi connectivity index (χ1v) is 11.1. The van der Waals surface area contributed by atoms with Crippen LogP contribution >= 0.6 is 23.4 Å². The van der Waals surface area contributed by atoms with Crippen LogP contribution in [0.1, 0.15) is 18.1 Å². The second-order valence-electron chi connectivity index (χ2n) is 6.67. The molecule has 1 heterocycles. The molecule has 0 radical (unpaired) electrons. The van der Waals surface area contributed by atoms with Gasteiger partial charge in [-0.25, -0.2) is 0 Å². The van der Waals surface area contributed by atoms with E-state index in [0.717, 1.165) is 33.5 Å². The first-order valence-electron chi connectivity index (χ1n) is 9.74. The van der Waals surface area contributed by atoms with Crippen molar-refractivity contribution >= 4 is 23.4 Å². The number of nitrogens with zero attached hydrogens (tertiary/aromatic N) is 4. The zero-order valence-electron chi connectivity index (χ0n) is 16.8. The standard InChI is InChI=1S/C24H19ClN4OS/c1-2-30-22-13-11-21(12-14-22)29-23(19-7-9-20(25)10-8-19)27-28-24(29)31-16-18-5-3-17(15-26)4-6-18/h3-14H,2,16H2,1H3. The molecule has 0 saturated carbocycles. The molecule has 7 heteroatoms. The van der Waals surface area contributed by atoms with Gasteiger partial charge in [-0.1, -0.05) is 35.5 Å². The van der Waals surface area contributed by atoms with Crippen molar-refractivity contribution in [2.24, 2.45) is 0 Å². The maximum atomic E-state index is 8.99. The summed E-state index contributed by atoms with van der Waals surface area (Å²) in [4.78, 5) is 0. The van der Waals surface area contributed by atoms with Crippen molar-refractivity contribution in [1.29, 1.82) is 5.26 Å². The number of halogens is 1. The maximum absolute atomic E-state index is 8.99. The van der Waals surface area contributed by atoms with Gasteiger partial charge in [0.2, 0.25) is 0 Å². The number of aromatic nitrogens is 3. The van der Waals surface area contributed by atoms with Crippen LogP contribution in [-0.4, -0.2) is 21.4 Å². The minimum atomic E-state index is 0.619. The van der Waals surface area contributed by atoms with Crippen molar-refractivity contribution in [3.05, 3.63) is 88.9 Å². The Kier molecular flexibility index (Phi) is 6.56. The fourth-order valence-electron chi connectivity index (χ4n) is 3.06. The number of ether oxygens (including phenoxy) is 1. The van der Waals surface area contributed by atoms with Crippen molar-refractivity contribution in [1.82, 2.24) is 14.8 Å². The second-order valence-corrected chi connectivity index (χ2v) is 8.05. The Labute approximate surface area is 190 Å². The van der Waals surface area contributed by atoms with Gasteiger partial charge in [0, 0.05) is 22.0 Å². The van der Waals surface area contributed by atoms with E-state index in [1.54, 1.807) is 11.8 Å². The molecule has 0 spiro atoms. The highest BCUT2D eigenvalue weighted by Crippen LogP contribution is 2.31. The monoisotopic (exact) mass is 446 g/mol. The number of hydrogen-bond acceptors (Lipinski definition) is 5. The summed E-state index contributed by atoms with van der Waals surface area (Å²) in [6.45, 7) is 2.58. The number of thioether (sulfide) groups is 1. The van der Waals surface area contributed by atoms with Crippen LogP contribution in [0.3, 0.4) is 0 Å². The first kappa shape index (κ1) is 21.0. The maximum Gasteiger partial charge on any atom is 0.196 e. The minimum Gasteiger partial charge on any atom is -0.494 e. The molecule has 0 aliphatic carbocycles. The fourth-order valence-corrected chi connectivity index (χ4v) is 4.10. The van der Waals surface area contributed by atoms with Crippen LogP contribution in [0.25, 0.3) is 17.1 Å². The van der Waals surface area contributed by atoms with Gasteiger partial charge in [-0.15, -0.1) is 10.2 Å². The van der Waals surface area contributed by atoms with Crippen molar-refractivity contribution in [3.63, 3.8) is 0 Å². The van der Waals surface area contributed by atoms with Gasteiger partial charge < -0.3 is 4.74 Å². The Morgan fingerprint density at radius 2 is 1.68 bits per heavy atom. The lowest BCUT2D eigenvalue weighted by Gasteiger charge is -2.12. The van der Waals surface area contributed by atoms with Crippen LogP contribution in [0, 0.1) is 11.3 Å². The molecule has 1 aromatic heterocycles. The highest BCUT2D eigenvalue weighted by molar-refractivity contribution is 7.98. The molecule has 0 saturated heterocycles. The average Bonchev–Trinajstić information content (AvgIpc) is 3.23. The lowest BCUT2D eigenvalue weighted by atomic mass is 10.2. The van der Waals surface area contributed by atoms with E-state index in [1.165, 1.54) is 0 Å². The zero-order valence-corrected chi connectivity index (χ0v) is 18.4. The molecular weight excluding hydrogens is 428 g/mol. The minimum absolute atomic E-state index is 0.619. The van der Waals surface area contributed by atoms with E-state index in [4.69, 9.17) is 21.6 Å². The SMILES string of the molecule is CCOc1ccc(-n2c(SCc3ccc(C#N)cc3)nnc2-c2ccc(Cl)cc2)cc1. The molecule has 4 aromatic rings. The van der Waals surface area contributed by atoms with Crippen LogP contribution in [0.2, 0.25) is 5.02 Å². The van der Waals surface area contributed by atoms with Crippen molar-refractivity contribution < 1.29 is 4.74 Å². The van der Waals surface area contributed by atoms with Crippen molar-refractivity contribution in [2.75, 3.05) is 6.61 Å². The Balaban J connectivity index is 1.68. The normalized spacial score (nSPS) is 10.6. The summed E-state index contributed by atoms with van der Waals surface area (Å²) in [6.07, 6.45) is 0. The molecule has 4 rings (SSSR count). The lowest BCUT2D eigenvalue weighted by molar-refractivity contribution is 0.340. The molecule has 5 nitrogen and oxygen atoms in total. The Hall–Kier alpha value is -3.27. The van der Waals surface area contributed by atoms with Gasteiger partial charge in [0.25, 0.3) is 0 Å². The number of benzene rings is 3. The molecule has 0 N–H and O–H groups in total. The van der Waals surface area contributed by atoms with Gasteiger partial charge in [-0.2, -0.15) is 5.26 Å². The highest BCUT2D eigenvalue weighted by atomic mass is 35.5. The Bertz CT molecular complexity index is 1200. The van der Waals surface area contributed by atoms with Crippen molar-refractivity contribution in [2.45, 2.75) is 17.8 Å². The number of hydrogen-bond donors (Lipinski definition) is 0. The summed E-state index contributed by atoms with van der Waals surface area (Å²) in [7, 11) is 0. The number of nitriles is 1. The van der Waals surface area contributed by atoms with Crippen LogP contribution in [0.5, 0.6) is 5.75 Å². The Morgan fingerprint density at radius 1 is 0.968 bits per heavy atom. The summed E-state index contributed by atoms with van der Waals surface area (Å²) < 4.78 is 7.61. The highest BCUT2D eigenvalue weighted by Gasteiger charge is 2.16. The zero-order chi connectivity index (χ0) is 21.6. The fraction of sp³-hybridized carbons (Fsp3) is 0.125. The third-order valence-electron chi connectivity index (χ3n) is 4.59. The van der Waals surface area contributed by atoms with Gasteiger partial charge >= 0.3 is 0 Å². The summed E-state index contributed by atoms with van der Waals surface area (Å²) in [5.74, 6) is 2.27. The van der Waals surface area contributed by atoms with Crippen LogP contribution in [-0.2, 0) is 5.75 Å². The van der Waals surface area contributed by atoms with Crippen molar-refractivity contribution in [3.8, 4) is 28.9 Å². The predicted molar refractivity (Wildman–Crippen MR) is 124 cm³/mol. The third kappa shape index (κ3) is 4.91. The molecule has 0 bridgehead atoms. The molecule has 3 aromatic carbocycles. The summed E-state index contributed by atoms with van der Waals surface area (Å²) in [6, 6.07) is 25.2. The Morgan fingerprint density at radius 3 is 2.32 bits per heavy atom. The van der Waals surface area contributed by atoms with E-state index in [2.05, 4.69) is 16.3 Å². The predicted octanol–water partition coefficient (Wildman–Crippen LogP) is 6.15. The molecule has 0 aliphatic heterocycles. The molecular formula is C24H19ClN4OS. The largest absolute Gasteiger partial charge is 0.494 e. The van der Waals surface area contributed by atoms with Gasteiger partial charge in [0.15, 0.2) is 11.0 Å². The van der Waals surface area contributed by atoms with Gasteiger partial charge in [0.1, 0.15) is 5.75 Å². The summed E-state index contributed by atoms with van der Waals surface area (Å²) in [5, 5.41) is 19.4. The van der Waals surface area contributed by atoms with E-state index in [9.17, 15) is 0 Å². The van der Waals surface area contributed by atoms with Crippen LogP contribution < -0.4 is 4.74 Å². The molecule has 0 amide bonds. The van der Waals surface area contributed by atoms with Crippen LogP contribution in [0.15, 0.2) is 78.0 Å². The molecule has 0 atom stereocenters. The smallest absolute Gasteiger partial charge is 0.196 e. The van der Waals surface area contributed by atoms with Crippen LogP contribution in [0.4, 0.5) is 0 Å². The quantitative estimate of drug-likeness (QED) is 0.318. The lowest BCUT2D eigenvalue weighted by Crippen LogP contribution is -2.00. The summed E-state index contributed by atoms with van der Waals surface area (Å²) in [5.41, 5.74) is 3.63. The number of rotatable bonds is 7. The first-order chi connectivity index (χ1) is 15.2. The molecule has 31 heavy (non-hydrogen) atoms. The van der Waals surface area contributed by atoms with E-state index >= 15 is 0 Å². The van der Waals surface area contributed by atoms with Gasteiger partial charge in [0.05, 0.1) is 18.2 Å². The van der Waals surface area contributed by atoms with Gasteiger partial charge in [-0.05, 0) is 73.2 Å². The summed E-state index contributed by atoms with van der Waals surface area (Å²) >= 11 is 7.66. The molecule has 0 aliphatic rings. The van der Waals surface area contributed by atoms with E-state index in [-0.39, 0.29) is 0 Å². The second kappa shape index (κ2) is 9.69. The average molecular weight is 447 g/mol. The third-order valence-corrected chi connectivity index (χ3v) is 5.84.